The molecule has 2 heterocycles. The minimum absolute atomic E-state index is 0.0267. The Hall–Kier alpha value is -2.02. The van der Waals surface area contributed by atoms with Crippen LogP contribution in [0.5, 0.6) is 0 Å². The van der Waals surface area contributed by atoms with Crippen LogP contribution in [0, 0.1) is 0 Å². The van der Waals surface area contributed by atoms with Gasteiger partial charge in [-0.15, -0.1) is 0 Å². The van der Waals surface area contributed by atoms with Crippen molar-refractivity contribution in [2.24, 2.45) is 0 Å². The second kappa shape index (κ2) is 6.12. The Morgan fingerprint density at radius 1 is 1.21 bits per heavy atom. The fourth-order valence-corrected chi connectivity index (χ4v) is 3.49. The van der Waals surface area contributed by atoms with Crippen LogP contribution in [0.2, 0.25) is 0 Å². The summed E-state index contributed by atoms with van der Waals surface area (Å²) in [6, 6.07) is 4.66. The largest absolute Gasteiger partial charge is 0.361 e. The van der Waals surface area contributed by atoms with E-state index < -0.39 is 20.4 Å². The summed E-state index contributed by atoms with van der Waals surface area (Å²) in [4.78, 5) is 16.5. The van der Waals surface area contributed by atoms with E-state index in [1.165, 1.54) is 38.4 Å². The molecule has 0 bridgehead atoms. The summed E-state index contributed by atoms with van der Waals surface area (Å²) >= 11 is 0. The van der Waals surface area contributed by atoms with Crippen molar-refractivity contribution in [3.05, 3.63) is 42.0 Å². The maximum atomic E-state index is 12.7. The van der Waals surface area contributed by atoms with Crippen molar-refractivity contribution >= 4 is 15.6 Å². The van der Waals surface area contributed by atoms with Crippen molar-refractivity contribution in [1.82, 2.24) is 10.1 Å². The van der Waals surface area contributed by atoms with Gasteiger partial charge in [0.1, 0.15) is 10.5 Å². The molecule has 0 aliphatic carbocycles. The summed E-state index contributed by atoms with van der Waals surface area (Å²) in [5.41, 5.74) is 0.199. The van der Waals surface area contributed by atoms with E-state index >= 15 is 0 Å². The van der Waals surface area contributed by atoms with Crippen molar-refractivity contribution in [1.29, 1.82) is 0 Å². The van der Waals surface area contributed by atoms with Crippen LogP contribution in [0.3, 0.4) is 0 Å². The summed E-state index contributed by atoms with van der Waals surface area (Å²) in [5.74, 6) is 0.207. The predicted octanol–water partition coefficient (Wildman–Crippen LogP) is 2.73. The predicted molar refractivity (Wildman–Crippen MR) is 89.4 cm³/mol. The highest BCUT2D eigenvalue weighted by Crippen LogP contribution is 2.28. The number of rotatable bonds is 5. The summed E-state index contributed by atoms with van der Waals surface area (Å²) in [6.45, 7) is 8.71. The van der Waals surface area contributed by atoms with Gasteiger partial charge < -0.3 is 4.52 Å². The molecule has 2 aromatic heterocycles. The number of Topliss-reactive ketones (excluding diaryl/α,β-unsaturated/α-hetero) is 1. The molecule has 0 saturated carbocycles. The highest BCUT2D eigenvalue weighted by Gasteiger charge is 2.42. The van der Waals surface area contributed by atoms with E-state index in [1.54, 1.807) is 6.07 Å². The summed E-state index contributed by atoms with van der Waals surface area (Å²) in [7, 11) is -3.85. The molecule has 6 nitrogen and oxygen atoms in total. The molecule has 7 heteroatoms. The molecule has 0 fully saturated rings. The minimum Gasteiger partial charge on any atom is -0.361 e. The molecular weight excluding hydrogens is 328 g/mol. The van der Waals surface area contributed by atoms with E-state index in [-0.39, 0.29) is 16.7 Å². The van der Waals surface area contributed by atoms with Crippen molar-refractivity contribution in [3.63, 3.8) is 0 Å². The Morgan fingerprint density at radius 2 is 1.88 bits per heavy atom. The van der Waals surface area contributed by atoms with Crippen LogP contribution in [0.4, 0.5) is 0 Å². The molecular formula is C17H22N2O4S. The molecule has 24 heavy (non-hydrogen) atoms. The molecule has 0 aliphatic rings. The number of hydrogen-bond acceptors (Lipinski definition) is 6. The van der Waals surface area contributed by atoms with Gasteiger partial charge >= 0.3 is 0 Å². The van der Waals surface area contributed by atoms with Gasteiger partial charge in [0.15, 0.2) is 15.6 Å². The number of sulfone groups is 1. The molecule has 130 valence electrons. The second-order valence-corrected chi connectivity index (χ2v) is 9.73. The van der Waals surface area contributed by atoms with E-state index in [4.69, 9.17) is 4.52 Å². The van der Waals surface area contributed by atoms with Crippen LogP contribution in [0.25, 0.3) is 0 Å². The fourth-order valence-electron chi connectivity index (χ4n) is 2.08. The summed E-state index contributed by atoms with van der Waals surface area (Å²) < 4.78 is 29.2. The van der Waals surface area contributed by atoms with Gasteiger partial charge in [0.2, 0.25) is 0 Å². The van der Waals surface area contributed by atoms with E-state index in [0.29, 0.717) is 11.5 Å². The first-order valence-corrected chi connectivity index (χ1v) is 9.08. The van der Waals surface area contributed by atoms with Gasteiger partial charge in [-0.2, -0.15) is 0 Å². The molecule has 0 spiro atoms. The van der Waals surface area contributed by atoms with E-state index in [2.05, 4.69) is 10.1 Å². The van der Waals surface area contributed by atoms with Gasteiger partial charge in [0.25, 0.3) is 0 Å². The Balaban J connectivity index is 2.26. The molecule has 0 N–H and O–H groups in total. The van der Waals surface area contributed by atoms with Gasteiger partial charge in [0.05, 0.1) is 17.0 Å². The lowest BCUT2D eigenvalue weighted by Crippen LogP contribution is -2.41. The second-order valence-electron chi connectivity index (χ2n) is 7.23. The number of carbonyl (C=O) groups excluding carboxylic acids is 1. The molecule has 0 aromatic carbocycles. The van der Waals surface area contributed by atoms with Crippen molar-refractivity contribution < 1.29 is 17.7 Å². The third-order valence-corrected chi connectivity index (χ3v) is 6.36. The van der Waals surface area contributed by atoms with Crippen molar-refractivity contribution in [2.75, 3.05) is 0 Å². The number of carbonyl (C=O) groups is 1. The number of pyridine rings is 1. The van der Waals surface area contributed by atoms with Gasteiger partial charge in [-0.05, 0) is 26.0 Å². The highest BCUT2D eigenvalue weighted by molar-refractivity contribution is 7.93. The monoisotopic (exact) mass is 350 g/mol. The lowest BCUT2D eigenvalue weighted by Gasteiger charge is -2.22. The van der Waals surface area contributed by atoms with E-state index in [9.17, 15) is 13.2 Å². The molecule has 0 atom stereocenters. The van der Waals surface area contributed by atoms with Gasteiger partial charge in [-0.25, -0.2) is 8.42 Å². The normalized spacial score (nSPS) is 13.0. The zero-order valence-electron chi connectivity index (χ0n) is 14.5. The lowest BCUT2D eigenvalue weighted by atomic mass is 9.92. The molecule has 0 aliphatic heterocycles. The Bertz CT molecular complexity index is 831. The van der Waals surface area contributed by atoms with Crippen molar-refractivity contribution in [2.45, 2.75) is 56.1 Å². The maximum absolute atomic E-state index is 12.7. The molecule has 0 amide bonds. The highest BCUT2D eigenvalue weighted by atomic mass is 32.2. The smallest absolute Gasteiger partial charge is 0.192 e. The van der Waals surface area contributed by atoms with E-state index in [0.717, 1.165) is 0 Å². The van der Waals surface area contributed by atoms with Crippen LogP contribution in [0.1, 0.15) is 46.1 Å². The SMILES string of the molecule is CC(C)(C)c1cc(CC(=O)C(C)(C)S(=O)(=O)c2cccnc2)no1. The molecule has 2 aromatic rings. The quantitative estimate of drug-likeness (QED) is 0.823. The van der Waals surface area contributed by atoms with Gasteiger partial charge in [-0.3, -0.25) is 9.78 Å². The molecule has 0 radical (unpaired) electrons. The average molecular weight is 350 g/mol. The summed E-state index contributed by atoms with van der Waals surface area (Å²) in [5, 5.41) is 3.89. The first-order chi connectivity index (χ1) is 11.0. The zero-order chi connectivity index (χ0) is 18.2. The van der Waals surface area contributed by atoms with Crippen LogP contribution in [0.15, 0.2) is 40.0 Å². The maximum Gasteiger partial charge on any atom is 0.192 e. The molecule has 2 rings (SSSR count). The van der Waals surface area contributed by atoms with Crippen LogP contribution in [-0.4, -0.2) is 29.1 Å². The number of hydrogen-bond donors (Lipinski definition) is 0. The Kier molecular flexibility index (Phi) is 4.68. The van der Waals surface area contributed by atoms with Crippen LogP contribution < -0.4 is 0 Å². The standard InChI is InChI=1S/C17H22N2O4S/c1-16(2,3)15-10-12(19-23-15)9-14(20)17(4,5)24(21,22)13-7-6-8-18-11-13/h6-8,10-11H,9H2,1-5H3. The zero-order valence-corrected chi connectivity index (χ0v) is 15.3. The van der Waals surface area contributed by atoms with E-state index in [1.807, 2.05) is 20.8 Å². The molecule has 0 unspecified atom stereocenters. The topological polar surface area (TPSA) is 90.1 Å². The van der Waals surface area contributed by atoms with Crippen LogP contribution >= 0.6 is 0 Å². The Morgan fingerprint density at radius 3 is 2.38 bits per heavy atom. The van der Waals surface area contributed by atoms with Crippen molar-refractivity contribution in [3.8, 4) is 0 Å². The first-order valence-electron chi connectivity index (χ1n) is 7.60. The first kappa shape index (κ1) is 18.3. The van der Waals surface area contributed by atoms with Crippen LogP contribution in [-0.2, 0) is 26.5 Å². The van der Waals surface area contributed by atoms with Gasteiger partial charge in [0, 0.05) is 23.9 Å². The molecule has 0 saturated heterocycles. The third kappa shape index (κ3) is 3.40. The Labute approximate surface area is 142 Å². The summed E-state index contributed by atoms with van der Waals surface area (Å²) in [6.07, 6.45) is 2.63. The van der Waals surface area contributed by atoms with Gasteiger partial charge in [-0.1, -0.05) is 25.9 Å². The third-order valence-electron chi connectivity index (χ3n) is 3.93. The fraction of sp³-hybridized carbons (Fsp3) is 0.471. The number of nitrogens with zero attached hydrogens (tertiary/aromatic N) is 2. The number of aromatic nitrogens is 2. The lowest BCUT2D eigenvalue weighted by molar-refractivity contribution is -0.120. The number of ketones is 1. The minimum atomic E-state index is -3.85. The average Bonchev–Trinajstić information content (AvgIpc) is 2.96.